The Labute approximate surface area is 183 Å². The van der Waals surface area contributed by atoms with E-state index in [1.54, 1.807) is 26.2 Å². The second kappa shape index (κ2) is 12.4. The Morgan fingerprint density at radius 3 is 2.36 bits per heavy atom. The van der Waals surface area contributed by atoms with Crippen LogP contribution in [0.25, 0.3) is 0 Å². The highest BCUT2D eigenvalue weighted by molar-refractivity contribution is 14.0. The maximum absolute atomic E-state index is 11.6. The number of nitrogens with one attached hydrogen (secondary N) is 3. The van der Waals surface area contributed by atoms with E-state index in [9.17, 15) is 4.79 Å². The number of hydrogen-bond acceptors (Lipinski definition) is 4. The number of benzene rings is 1. The van der Waals surface area contributed by atoms with E-state index in [0.29, 0.717) is 30.5 Å². The Bertz CT molecular complexity index is 754. The van der Waals surface area contributed by atoms with E-state index in [4.69, 9.17) is 4.52 Å². The van der Waals surface area contributed by atoms with Gasteiger partial charge >= 0.3 is 0 Å². The van der Waals surface area contributed by atoms with Crippen LogP contribution < -0.4 is 16.0 Å². The van der Waals surface area contributed by atoms with Crippen molar-refractivity contribution in [2.24, 2.45) is 4.99 Å². The van der Waals surface area contributed by atoms with Crippen LogP contribution in [-0.4, -0.2) is 31.1 Å². The summed E-state index contributed by atoms with van der Waals surface area (Å²) in [5.41, 5.74) is 2.71. The van der Waals surface area contributed by atoms with Gasteiger partial charge in [-0.25, -0.2) is 0 Å². The Morgan fingerprint density at radius 2 is 1.79 bits per heavy atom. The van der Waals surface area contributed by atoms with Gasteiger partial charge in [-0.05, 0) is 30.5 Å². The number of rotatable bonds is 8. The van der Waals surface area contributed by atoms with E-state index in [2.05, 4.69) is 39.9 Å². The molecule has 1 heterocycles. The largest absolute Gasteiger partial charge is 0.359 e. The van der Waals surface area contributed by atoms with Crippen molar-refractivity contribution >= 4 is 35.8 Å². The fourth-order valence-electron chi connectivity index (χ4n) is 2.81. The highest BCUT2D eigenvalue weighted by atomic mass is 127. The number of guanidine groups is 1. The van der Waals surface area contributed by atoms with Gasteiger partial charge in [0.1, 0.15) is 0 Å². The van der Waals surface area contributed by atoms with Gasteiger partial charge in [0.25, 0.3) is 5.91 Å². The van der Waals surface area contributed by atoms with Gasteiger partial charge in [0.15, 0.2) is 11.7 Å². The van der Waals surface area contributed by atoms with E-state index in [1.807, 2.05) is 18.2 Å². The minimum absolute atomic E-state index is 0. The second-order valence-corrected chi connectivity index (χ2v) is 6.29. The number of nitrogens with zero attached hydrogens (tertiary/aromatic N) is 2. The zero-order valence-corrected chi connectivity index (χ0v) is 19.2. The van der Waals surface area contributed by atoms with E-state index >= 15 is 0 Å². The first-order valence-electron chi connectivity index (χ1n) is 9.32. The molecule has 0 saturated carbocycles. The minimum atomic E-state index is -0.0909. The van der Waals surface area contributed by atoms with E-state index in [-0.39, 0.29) is 29.9 Å². The molecule has 0 bridgehead atoms. The number of aliphatic imine (C=N–C) groups is 1. The van der Waals surface area contributed by atoms with Crippen LogP contribution in [0.5, 0.6) is 0 Å². The average molecular weight is 499 g/mol. The highest BCUT2D eigenvalue weighted by Gasteiger charge is 2.13. The maximum atomic E-state index is 11.6. The van der Waals surface area contributed by atoms with Crippen LogP contribution >= 0.6 is 24.0 Å². The van der Waals surface area contributed by atoms with Gasteiger partial charge in [-0.15, -0.1) is 24.0 Å². The molecule has 2 aromatic rings. The number of aromatic nitrogens is 1. The lowest BCUT2D eigenvalue weighted by Gasteiger charge is -2.11. The molecule has 154 valence electrons. The molecular formula is C20H30IN5O2. The number of carbonyl (C=O) groups is 1. The quantitative estimate of drug-likeness (QED) is 0.294. The van der Waals surface area contributed by atoms with E-state index in [0.717, 1.165) is 29.9 Å². The first-order valence-corrected chi connectivity index (χ1v) is 9.32. The van der Waals surface area contributed by atoms with Gasteiger partial charge in [-0.3, -0.25) is 9.79 Å². The lowest BCUT2D eigenvalue weighted by molar-refractivity contribution is 0.0963. The van der Waals surface area contributed by atoms with Crippen LogP contribution in [-0.2, 0) is 13.1 Å². The predicted octanol–water partition coefficient (Wildman–Crippen LogP) is 3.42. The third-order valence-corrected chi connectivity index (χ3v) is 4.54. The molecule has 0 unspecified atom stereocenters. The molecule has 0 radical (unpaired) electrons. The topological polar surface area (TPSA) is 91.5 Å². The Hall–Kier alpha value is -2.10. The van der Waals surface area contributed by atoms with Crippen molar-refractivity contribution in [1.29, 1.82) is 0 Å². The average Bonchev–Trinajstić information content (AvgIpc) is 3.17. The molecule has 0 aliphatic heterocycles. The first-order chi connectivity index (χ1) is 13.1. The van der Waals surface area contributed by atoms with Crippen molar-refractivity contribution in [1.82, 2.24) is 21.1 Å². The van der Waals surface area contributed by atoms with Crippen LogP contribution in [0.2, 0.25) is 0 Å². The summed E-state index contributed by atoms with van der Waals surface area (Å²) in [6.07, 6.45) is 2.11. The third-order valence-electron chi connectivity index (χ3n) is 4.54. The fraction of sp³-hybridized carbons (Fsp3) is 0.450. The maximum Gasteiger partial charge on any atom is 0.251 e. The van der Waals surface area contributed by atoms with Crippen molar-refractivity contribution in [3.63, 3.8) is 0 Å². The van der Waals surface area contributed by atoms with Crippen molar-refractivity contribution in [2.75, 3.05) is 14.1 Å². The summed E-state index contributed by atoms with van der Waals surface area (Å²) in [5.74, 6) is 1.81. The predicted molar refractivity (Wildman–Crippen MR) is 122 cm³/mol. The Kier molecular flexibility index (Phi) is 10.6. The number of halogens is 1. The molecule has 1 aromatic carbocycles. The Morgan fingerprint density at radius 1 is 1.14 bits per heavy atom. The van der Waals surface area contributed by atoms with Crippen LogP contribution in [0.3, 0.4) is 0 Å². The Balaban J connectivity index is 0.00000392. The van der Waals surface area contributed by atoms with E-state index < -0.39 is 0 Å². The normalized spacial score (nSPS) is 11.1. The second-order valence-electron chi connectivity index (χ2n) is 6.29. The van der Waals surface area contributed by atoms with Gasteiger partial charge in [-0.2, -0.15) is 0 Å². The number of amides is 1. The number of carbonyl (C=O) groups excluding carboxylic acids is 1. The zero-order valence-electron chi connectivity index (χ0n) is 16.9. The minimum Gasteiger partial charge on any atom is -0.359 e. The molecule has 1 amide bonds. The molecule has 0 atom stereocenters. The molecule has 3 N–H and O–H groups in total. The smallest absolute Gasteiger partial charge is 0.251 e. The molecule has 8 heteroatoms. The van der Waals surface area contributed by atoms with E-state index in [1.165, 1.54) is 0 Å². The van der Waals surface area contributed by atoms with Crippen molar-refractivity contribution < 1.29 is 9.32 Å². The number of hydrogen-bond donors (Lipinski definition) is 3. The molecule has 0 saturated heterocycles. The van der Waals surface area contributed by atoms with Gasteiger partial charge in [-0.1, -0.05) is 31.1 Å². The summed E-state index contributed by atoms with van der Waals surface area (Å²) in [4.78, 5) is 15.8. The standard InChI is InChI=1S/C20H29N5O2.HI/c1-5-15(6-2)18-11-17(27-25-18)13-24-20(22-4)23-12-14-7-9-16(10-8-14)19(26)21-3;/h7-11,15H,5-6,12-13H2,1-4H3,(H,21,26)(H2,22,23,24);1H. The van der Waals surface area contributed by atoms with Crippen molar-refractivity contribution in [3.8, 4) is 0 Å². The van der Waals surface area contributed by atoms with Crippen LogP contribution in [0.4, 0.5) is 0 Å². The summed E-state index contributed by atoms with van der Waals surface area (Å²) >= 11 is 0. The lowest BCUT2D eigenvalue weighted by atomic mass is 9.99. The summed E-state index contributed by atoms with van der Waals surface area (Å²) in [6, 6.07) is 9.46. The van der Waals surface area contributed by atoms with Gasteiger partial charge in [0.05, 0.1) is 12.2 Å². The van der Waals surface area contributed by atoms with Crippen LogP contribution in [0, 0.1) is 0 Å². The highest BCUT2D eigenvalue weighted by Crippen LogP contribution is 2.22. The lowest BCUT2D eigenvalue weighted by Crippen LogP contribution is -2.36. The third kappa shape index (κ3) is 6.81. The summed E-state index contributed by atoms with van der Waals surface area (Å²) in [6.45, 7) is 5.44. The summed E-state index contributed by atoms with van der Waals surface area (Å²) in [7, 11) is 3.34. The molecule has 0 aliphatic rings. The molecule has 0 fully saturated rings. The molecule has 0 aliphatic carbocycles. The molecule has 28 heavy (non-hydrogen) atoms. The SMILES string of the molecule is CCC(CC)c1cc(CNC(=NC)NCc2ccc(C(=O)NC)cc2)on1.I. The van der Waals surface area contributed by atoms with Crippen molar-refractivity contribution in [3.05, 3.63) is 52.9 Å². The van der Waals surface area contributed by atoms with Gasteiger partial charge < -0.3 is 20.5 Å². The van der Waals surface area contributed by atoms with Crippen LogP contribution in [0.15, 0.2) is 39.8 Å². The first kappa shape index (κ1) is 23.9. The molecule has 0 spiro atoms. The summed E-state index contributed by atoms with van der Waals surface area (Å²) in [5, 5.41) is 13.3. The molecule has 1 aromatic heterocycles. The molecular weight excluding hydrogens is 469 g/mol. The van der Waals surface area contributed by atoms with Gasteiger partial charge in [0, 0.05) is 38.2 Å². The fourth-order valence-corrected chi connectivity index (χ4v) is 2.81. The van der Waals surface area contributed by atoms with Crippen molar-refractivity contribution in [2.45, 2.75) is 45.7 Å². The van der Waals surface area contributed by atoms with Crippen LogP contribution in [0.1, 0.15) is 60.0 Å². The molecule has 2 rings (SSSR count). The summed E-state index contributed by atoms with van der Waals surface area (Å²) < 4.78 is 5.42. The molecule has 7 nitrogen and oxygen atoms in total. The monoisotopic (exact) mass is 499 g/mol. The zero-order chi connectivity index (χ0) is 19.6. The van der Waals surface area contributed by atoms with Gasteiger partial charge in [0.2, 0.25) is 0 Å².